The molecular weight excluding hydrogens is 423 g/mol. The fourth-order valence-corrected chi connectivity index (χ4v) is 3.44. The van der Waals surface area contributed by atoms with E-state index in [0.717, 1.165) is 35.1 Å². The average Bonchev–Trinajstić information content (AvgIpc) is 3.21. The maximum absolute atomic E-state index is 12.2. The van der Waals surface area contributed by atoms with E-state index in [1.54, 1.807) is 0 Å². The van der Waals surface area contributed by atoms with E-state index < -0.39 is 12.2 Å². The summed E-state index contributed by atoms with van der Waals surface area (Å²) in [5.41, 5.74) is 2.93. The van der Waals surface area contributed by atoms with Crippen LogP contribution in [0.5, 0.6) is 5.88 Å². The number of imidazole rings is 1. The van der Waals surface area contributed by atoms with Crippen LogP contribution in [0.4, 0.5) is 13.2 Å². The lowest BCUT2D eigenvalue weighted by Crippen LogP contribution is -2.27. The fraction of sp³-hybridized carbons (Fsp3) is 0.261. The molecule has 1 aromatic carbocycles. The van der Waals surface area contributed by atoms with Gasteiger partial charge in [-0.05, 0) is 24.6 Å². The van der Waals surface area contributed by atoms with E-state index >= 15 is 0 Å². The number of pyridine rings is 1. The van der Waals surface area contributed by atoms with Crippen molar-refractivity contribution in [2.45, 2.75) is 25.7 Å². The van der Waals surface area contributed by atoms with Crippen molar-refractivity contribution >= 4 is 5.97 Å². The summed E-state index contributed by atoms with van der Waals surface area (Å²) < 4.78 is 47.1. The number of alkyl halides is 3. The van der Waals surface area contributed by atoms with E-state index in [0.29, 0.717) is 18.5 Å². The zero-order valence-electron chi connectivity index (χ0n) is 17.0. The van der Waals surface area contributed by atoms with Gasteiger partial charge in [-0.2, -0.15) is 0 Å². The number of fused-ring (bicyclic) bond motifs is 1. The van der Waals surface area contributed by atoms with Gasteiger partial charge in [0.25, 0.3) is 0 Å². The molecule has 0 radical (unpaired) electrons. The smallest absolute Gasteiger partial charge is 0.469 e. The molecule has 0 bridgehead atoms. The van der Waals surface area contributed by atoms with E-state index in [4.69, 9.17) is 4.74 Å². The molecular formula is C23H18F3N3O3. The Kier molecular flexibility index (Phi) is 5.86. The number of hydrogen-bond donors (Lipinski definition) is 0. The van der Waals surface area contributed by atoms with Gasteiger partial charge in [-0.15, -0.1) is 13.2 Å². The highest BCUT2D eigenvalue weighted by molar-refractivity contribution is 5.72. The van der Waals surface area contributed by atoms with Gasteiger partial charge < -0.3 is 14.0 Å². The van der Waals surface area contributed by atoms with Crippen LogP contribution in [0.1, 0.15) is 23.4 Å². The first kappa shape index (κ1) is 21.4. The number of esters is 1. The van der Waals surface area contributed by atoms with Gasteiger partial charge in [-0.25, -0.2) is 9.97 Å². The summed E-state index contributed by atoms with van der Waals surface area (Å²) in [5, 5.41) is 0. The quantitative estimate of drug-likeness (QED) is 0.455. The third-order valence-electron chi connectivity index (χ3n) is 5.02. The van der Waals surface area contributed by atoms with Gasteiger partial charge >= 0.3 is 12.3 Å². The predicted octanol–water partition coefficient (Wildman–Crippen LogP) is 3.98. The fourth-order valence-electron chi connectivity index (χ4n) is 3.44. The Bertz CT molecular complexity index is 1170. The number of nitrogens with zero attached hydrogens (tertiary/aromatic N) is 3. The maximum Gasteiger partial charge on any atom is 0.574 e. The molecule has 1 unspecified atom stereocenters. The normalized spacial score (nSPS) is 15.3. The van der Waals surface area contributed by atoms with Crippen molar-refractivity contribution in [3.05, 3.63) is 65.7 Å². The van der Waals surface area contributed by atoms with Crippen molar-refractivity contribution in [2.24, 2.45) is 5.92 Å². The number of methoxy groups -OCH3 is 1. The lowest BCUT2D eigenvalue weighted by molar-refractivity contribution is -0.276. The van der Waals surface area contributed by atoms with Gasteiger partial charge in [-0.3, -0.25) is 4.79 Å². The molecule has 0 fully saturated rings. The maximum atomic E-state index is 12.2. The molecule has 164 valence electrons. The third kappa shape index (κ3) is 5.09. The first-order valence-corrected chi connectivity index (χ1v) is 9.79. The number of halogens is 3. The van der Waals surface area contributed by atoms with Crippen molar-refractivity contribution in [3.8, 4) is 29.0 Å². The monoisotopic (exact) mass is 441 g/mol. The molecule has 0 spiro atoms. The average molecular weight is 441 g/mol. The molecule has 3 heterocycles. The largest absolute Gasteiger partial charge is 0.574 e. The Morgan fingerprint density at radius 1 is 1.12 bits per heavy atom. The molecule has 9 heteroatoms. The van der Waals surface area contributed by atoms with Crippen LogP contribution in [-0.4, -0.2) is 34.0 Å². The van der Waals surface area contributed by atoms with Crippen LogP contribution in [0, 0.1) is 17.8 Å². The van der Waals surface area contributed by atoms with Gasteiger partial charge in [0.05, 0.1) is 18.7 Å². The molecule has 3 aromatic rings. The van der Waals surface area contributed by atoms with E-state index in [-0.39, 0.29) is 11.9 Å². The van der Waals surface area contributed by atoms with E-state index in [1.807, 2.05) is 35.0 Å². The topological polar surface area (TPSA) is 66.2 Å². The summed E-state index contributed by atoms with van der Waals surface area (Å²) in [4.78, 5) is 20.1. The van der Waals surface area contributed by atoms with E-state index in [2.05, 4.69) is 26.5 Å². The zero-order valence-corrected chi connectivity index (χ0v) is 17.0. The number of benzene rings is 1. The van der Waals surface area contributed by atoms with Gasteiger partial charge in [0.15, 0.2) is 0 Å². The van der Waals surface area contributed by atoms with Crippen LogP contribution >= 0.6 is 0 Å². The highest BCUT2D eigenvalue weighted by atomic mass is 19.4. The summed E-state index contributed by atoms with van der Waals surface area (Å²) in [6.45, 7) is 0.555. The second kappa shape index (κ2) is 8.75. The summed E-state index contributed by atoms with van der Waals surface area (Å²) in [6.07, 6.45) is -0.194. The van der Waals surface area contributed by atoms with Crippen molar-refractivity contribution in [1.82, 2.24) is 14.5 Å². The minimum absolute atomic E-state index is 0.157. The Morgan fingerprint density at radius 2 is 1.84 bits per heavy atom. The Balaban J connectivity index is 1.44. The number of carbonyl (C=O) groups excluding carboxylic acids is 1. The summed E-state index contributed by atoms with van der Waals surface area (Å²) in [5.74, 6) is 5.86. The number of aryl methyl sites for hydroxylation is 1. The van der Waals surface area contributed by atoms with Crippen LogP contribution < -0.4 is 4.74 Å². The Hall–Kier alpha value is -3.80. The Morgan fingerprint density at radius 3 is 2.50 bits per heavy atom. The molecule has 0 saturated carbocycles. The first-order valence-electron chi connectivity index (χ1n) is 9.79. The van der Waals surface area contributed by atoms with Gasteiger partial charge in [0.2, 0.25) is 5.88 Å². The van der Waals surface area contributed by atoms with Crippen molar-refractivity contribution in [2.75, 3.05) is 7.11 Å². The summed E-state index contributed by atoms with van der Waals surface area (Å²) in [7, 11) is 1.40. The van der Waals surface area contributed by atoms with Gasteiger partial charge in [-0.1, -0.05) is 24.0 Å². The lowest BCUT2D eigenvalue weighted by Gasteiger charge is -2.21. The number of aromatic nitrogens is 3. The molecule has 0 amide bonds. The SMILES string of the molecule is COC(=O)C1CCc2nc(-c3ccc(C#Cc4ccc(OC(F)(F)F)nc4)cc3)cn2C1. The van der Waals surface area contributed by atoms with Crippen molar-refractivity contribution in [3.63, 3.8) is 0 Å². The minimum atomic E-state index is -4.78. The molecule has 32 heavy (non-hydrogen) atoms. The van der Waals surface area contributed by atoms with Gasteiger partial charge in [0.1, 0.15) is 5.82 Å². The third-order valence-corrected chi connectivity index (χ3v) is 5.02. The molecule has 4 rings (SSSR count). The van der Waals surface area contributed by atoms with Crippen molar-refractivity contribution < 1.29 is 27.4 Å². The molecule has 6 nitrogen and oxygen atoms in total. The summed E-state index contributed by atoms with van der Waals surface area (Å²) >= 11 is 0. The second-order valence-electron chi connectivity index (χ2n) is 7.21. The van der Waals surface area contributed by atoms with Crippen LogP contribution in [-0.2, 0) is 22.5 Å². The van der Waals surface area contributed by atoms with E-state index in [1.165, 1.54) is 19.4 Å². The summed E-state index contributed by atoms with van der Waals surface area (Å²) in [6, 6.07) is 10.0. The van der Waals surface area contributed by atoms with E-state index in [9.17, 15) is 18.0 Å². The lowest BCUT2D eigenvalue weighted by atomic mass is 10.00. The molecule has 1 aliphatic heterocycles. The molecule has 0 aliphatic carbocycles. The van der Waals surface area contributed by atoms with Crippen LogP contribution in [0.3, 0.4) is 0 Å². The highest BCUT2D eigenvalue weighted by Crippen LogP contribution is 2.26. The molecule has 1 aliphatic rings. The number of ether oxygens (including phenoxy) is 2. The van der Waals surface area contributed by atoms with Crippen molar-refractivity contribution in [1.29, 1.82) is 0 Å². The Labute approximate surface area is 182 Å². The number of carbonyl (C=O) groups is 1. The number of rotatable bonds is 3. The highest BCUT2D eigenvalue weighted by Gasteiger charge is 2.31. The molecule has 2 aromatic heterocycles. The minimum Gasteiger partial charge on any atom is -0.469 e. The standard InChI is InChI=1S/C23H18F3N3O3/c1-31-22(30)18-9-10-20-28-19(14-29(20)13-18)17-7-4-15(5-8-17)2-3-16-6-11-21(27-12-16)32-23(24,25)26/h4-8,11-12,14,18H,9-10,13H2,1H3. The number of hydrogen-bond acceptors (Lipinski definition) is 5. The molecule has 0 saturated heterocycles. The van der Waals surface area contributed by atoms with Gasteiger partial charge in [0, 0.05) is 48.1 Å². The van der Waals surface area contributed by atoms with Crippen LogP contribution in [0.25, 0.3) is 11.3 Å². The second-order valence-corrected chi connectivity index (χ2v) is 7.21. The zero-order chi connectivity index (χ0) is 22.7. The predicted molar refractivity (Wildman–Crippen MR) is 108 cm³/mol. The van der Waals surface area contributed by atoms with Crippen LogP contribution in [0.2, 0.25) is 0 Å². The van der Waals surface area contributed by atoms with Crippen LogP contribution in [0.15, 0.2) is 48.8 Å². The molecule has 1 atom stereocenters. The first-order chi connectivity index (χ1) is 15.3. The molecule has 0 N–H and O–H groups in total.